The highest BCUT2D eigenvalue weighted by Gasteiger charge is 2.05. The quantitative estimate of drug-likeness (QED) is 0.825. The molecule has 0 unspecified atom stereocenters. The molecule has 0 spiro atoms. The van der Waals surface area contributed by atoms with Crippen LogP contribution < -0.4 is 10.1 Å². The van der Waals surface area contributed by atoms with Gasteiger partial charge in [-0.05, 0) is 50.9 Å². The Morgan fingerprint density at radius 2 is 1.94 bits per heavy atom. The van der Waals surface area contributed by atoms with Crippen molar-refractivity contribution in [3.05, 3.63) is 39.2 Å². The summed E-state index contributed by atoms with van der Waals surface area (Å²) in [6.07, 6.45) is 0. The minimum atomic E-state index is 0.700. The highest BCUT2D eigenvalue weighted by molar-refractivity contribution is 9.10. The van der Waals surface area contributed by atoms with Crippen molar-refractivity contribution in [2.75, 3.05) is 12.4 Å². The fourth-order valence-corrected chi connectivity index (χ4v) is 2.28. The molecular formula is C12H11Br2N3O. The van der Waals surface area contributed by atoms with Crippen LogP contribution in [0.15, 0.2) is 33.3 Å². The standard InChI is InChI=1S/C12H11Br2N3O/c1-7-15-11(14)6-12(16-7)17-10-5-8(18-2)3-4-9(10)13/h3-6H,1-2H3,(H,15,16,17). The van der Waals surface area contributed by atoms with E-state index in [-0.39, 0.29) is 0 Å². The van der Waals surface area contributed by atoms with Crippen molar-refractivity contribution in [1.82, 2.24) is 9.97 Å². The summed E-state index contributed by atoms with van der Waals surface area (Å²) in [4.78, 5) is 8.47. The first-order valence-electron chi connectivity index (χ1n) is 5.20. The number of hydrogen-bond donors (Lipinski definition) is 1. The largest absolute Gasteiger partial charge is 0.497 e. The Bertz CT molecular complexity index is 555. The summed E-state index contributed by atoms with van der Waals surface area (Å²) in [5, 5.41) is 3.22. The average molecular weight is 373 g/mol. The van der Waals surface area contributed by atoms with Gasteiger partial charge in [-0.3, -0.25) is 0 Å². The van der Waals surface area contributed by atoms with Crippen molar-refractivity contribution in [3.63, 3.8) is 0 Å². The molecule has 2 aromatic rings. The number of aryl methyl sites for hydroxylation is 1. The van der Waals surface area contributed by atoms with Crippen LogP contribution in [0.3, 0.4) is 0 Å². The van der Waals surface area contributed by atoms with Gasteiger partial charge in [0.1, 0.15) is 22.0 Å². The number of nitrogens with one attached hydrogen (secondary N) is 1. The first-order chi connectivity index (χ1) is 8.58. The van der Waals surface area contributed by atoms with Crippen LogP contribution in [-0.4, -0.2) is 17.1 Å². The van der Waals surface area contributed by atoms with Gasteiger partial charge in [-0.15, -0.1) is 0 Å². The molecule has 1 heterocycles. The molecule has 0 saturated heterocycles. The van der Waals surface area contributed by atoms with E-state index in [0.29, 0.717) is 5.82 Å². The number of nitrogens with zero attached hydrogens (tertiary/aromatic N) is 2. The zero-order valence-electron chi connectivity index (χ0n) is 9.87. The molecule has 0 radical (unpaired) electrons. The normalized spacial score (nSPS) is 10.2. The third-order valence-corrected chi connectivity index (χ3v) is 3.34. The van der Waals surface area contributed by atoms with Gasteiger partial charge in [-0.2, -0.15) is 0 Å². The van der Waals surface area contributed by atoms with Crippen LogP contribution in [0.2, 0.25) is 0 Å². The lowest BCUT2D eigenvalue weighted by Gasteiger charge is -2.10. The van der Waals surface area contributed by atoms with E-state index in [1.807, 2.05) is 31.2 Å². The molecule has 0 fully saturated rings. The molecule has 0 saturated carbocycles. The van der Waals surface area contributed by atoms with E-state index in [1.54, 1.807) is 7.11 Å². The molecule has 1 aromatic carbocycles. The second-order valence-electron chi connectivity index (χ2n) is 3.59. The molecule has 0 aliphatic rings. The molecule has 0 bridgehead atoms. The minimum absolute atomic E-state index is 0.700. The first-order valence-corrected chi connectivity index (χ1v) is 6.79. The Morgan fingerprint density at radius 3 is 2.61 bits per heavy atom. The molecule has 0 atom stereocenters. The lowest BCUT2D eigenvalue weighted by atomic mass is 10.3. The van der Waals surface area contributed by atoms with Gasteiger partial charge < -0.3 is 10.1 Å². The zero-order chi connectivity index (χ0) is 13.1. The number of rotatable bonds is 3. The Kier molecular flexibility index (Phi) is 4.19. The number of hydrogen-bond acceptors (Lipinski definition) is 4. The summed E-state index contributed by atoms with van der Waals surface area (Å²) >= 11 is 6.83. The molecule has 4 nitrogen and oxygen atoms in total. The molecule has 0 aliphatic carbocycles. The van der Waals surface area contributed by atoms with E-state index in [1.165, 1.54) is 0 Å². The van der Waals surface area contributed by atoms with Gasteiger partial charge in [0.15, 0.2) is 0 Å². The van der Waals surface area contributed by atoms with E-state index < -0.39 is 0 Å². The summed E-state index contributed by atoms with van der Waals surface area (Å²) in [6.45, 7) is 1.84. The maximum absolute atomic E-state index is 5.19. The Morgan fingerprint density at radius 1 is 1.17 bits per heavy atom. The molecule has 94 valence electrons. The van der Waals surface area contributed by atoms with Crippen LogP contribution in [-0.2, 0) is 0 Å². The lowest BCUT2D eigenvalue weighted by molar-refractivity contribution is 0.415. The van der Waals surface area contributed by atoms with Crippen LogP contribution in [0.4, 0.5) is 11.5 Å². The molecule has 18 heavy (non-hydrogen) atoms. The van der Waals surface area contributed by atoms with E-state index in [4.69, 9.17) is 4.74 Å². The van der Waals surface area contributed by atoms with Crippen LogP contribution >= 0.6 is 31.9 Å². The molecular weight excluding hydrogens is 362 g/mol. The fourth-order valence-electron chi connectivity index (χ4n) is 1.46. The topological polar surface area (TPSA) is 47.0 Å². The van der Waals surface area contributed by atoms with Crippen molar-refractivity contribution in [3.8, 4) is 5.75 Å². The molecule has 6 heteroatoms. The number of ether oxygens (including phenoxy) is 1. The van der Waals surface area contributed by atoms with Crippen molar-refractivity contribution in [1.29, 1.82) is 0 Å². The van der Waals surface area contributed by atoms with Gasteiger partial charge in [0.25, 0.3) is 0 Å². The van der Waals surface area contributed by atoms with Crippen molar-refractivity contribution >= 4 is 43.4 Å². The summed E-state index contributed by atoms with van der Waals surface area (Å²) in [7, 11) is 1.64. The first kappa shape index (κ1) is 13.3. The van der Waals surface area contributed by atoms with Gasteiger partial charge >= 0.3 is 0 Å². The number of anilines is 2. The van der Waals surface area contributed by atoms with E-state index in [0.717, 1.165) is 26.3 Å². The SMILES string of the molecule is COc1ccc(Br)c(Nc2cc(Br)nc(C)n2)c1. The van der Waals surface area contributed by atoms with Crippen LogP contribution in [0, 0.1) is 6.92 Å². The molecule has 1 N–H and O–H groups in total. The van der Waals surface area contributed by atoms with E-state index in [2.05, 4.69) is 47.1 Å². The lowest BCUT2D eigenvalue weighted by Crippen LogP contribution is -1.98. The third-order valence-electron chi connectivity index (χ3n) is 2.24. The second kappa shape index (κ2) is 5.67. The van der Waals surface area contributed by atoms with Crippen LogP contribution in [0.1, 0.15) is 5.82 Å². The molecule has 1 aromatic heterocycles. The fraction of sp³-hybridized carbons (Fsp3) is 0.167. The zero-order valence-corrected chi connectivity index (χ0v) is 13.0. The molecule has 0 amide bonds. The van der Waals surface area contributed by atoms with E-state index in [9.17, 15) is 0 Å². The smallest absolute Gasteiger partial charge is 0.135 e. The summed E-state index contributed by atoms with van der Waals surface area (Å²) < 4.78 is 6.88. The van der Waals surface area contributed by atoms with Gasteiger partial charge in [-0.25, -0.2) is 9.97 Å². The third kappa shape index (κ3) is 3.20. The Labute approximate surface area is 122 Å². The summed E-state index contributed by atoms with van der Waals surface area (Å²) in [5.74, 6) is 2.21. The maximum atomic E-state index is 5.19. The van der Waals surface area contributed by atoms with Crippen molar-refractivity contribution in [2.24, 2.45) is 0 Å². The molecule has 2 rings (SSSR count). The Balaban J connectivity index is 2.33. The summed E-state index contributed by atoms with van der Waals surface area (Å²) in [5.41, 5.74) is 0.888. The minimum Gasteiger partial charge on any atom is -0.497 e. The van der Waals surface area contributed by atoms with E-state index >= 15 is 0 Å². The number of halogens is 2. The average Bonchev–Trinajstić information content (AvgIpc) is 2.30. The maximum Gasteiger partial charge on any atom is 0.135 e. The second-order valence-corrected chi connectivity index (χ2v) is 5.26. The van der Waals surface area contributed by atoms with Gasteiger partial charge in [0, 0.05) is 16.6 Å². The van der Waals surface area contributed by atoms with Crippen molar-refractivity contribution in [2.45, 2.75) is 6.92 Å². The van der Waals surface area contributed by atoms with Gasteiger partial charge in [0.2, 0.25) is 0 Å². The highest BCUT2D eigenvalue weighted by atomic mass is 79.9. The Hall–Kier alpha value is -1.14. The molecule has 0 aliphatic heterocycles. The number of benzene rings is 1. The van der Waals surface area contributed by atoms with Gasteiger partial charge in [-0.1, -0.05) is 0 Å². The summed E-state index contributed by atoms with van der Waals surface area (Å²) in [6, 6.07) is 7.52. The number of methoxy groups -OCH3 is 1. The van der Waals surface area contributed by atoms with Crippen LogP contribution in [0.5, 0.6) is 5.75 Å². The van der Waals surface area contributed by atoms with Gasteiger partial charge in [0.05, 0.1) is 12.8 Å². The number of aromatic nitrogens is 2. The predicted molar refractivity (Wildman–Crippen MR) is 78.4 cm³/mol. The van der Waals surface area contributed by atoms with Crippen molar-refractivity contribution < 1.29 is 4.74 Å². The predicted octanol–water partition coefficient (Wildman–Crippen LogP) is 4.06. The van der Waals surface area contributed by atoms with Crippen LogP contribution in [0.25, 0.3) is 0 Å². The monoisotopic (exact) mass is 371 g/mol. The highest BCUT2D eigenvalue weighted by Crippen LogP contribution is 2.29.